The summed E-state index contributed by atoms with van der Waals surface area (Å²) >= 11 is 0. The lowest BCUT2D eigenvalue weighted by Gasteiger charge is -2.25. The van der Waals surface area contributed by atoms with Gasteiger partial charge in [-0.25, -0.2) is 0 Å². The number of hydrogen-bond donors (Lipinski definition) is 1. The van der Waals surface area contributed by atoms with Gasteiger partial charge in [0.2, 0.25) is 0 Å². The molecule has 5 heteroatoms. The van der Waals surface area contributed by atoms with Crippen molar-refractivity contribution >= 4 is 0 Å². The van der Waals surface area contributed by atoms with Crippen LogP contribution in [0.25, 0.3) is 0 Å². The predicted octanol–water partition coefficient (Wildman–Crippen LogP) is 3.70. The average Bonchev–Trinajstić information content (AvgIpc) is 2.68. The molecule has 0 spiro atoms. The van der Waals surface area contributed by atoms with Gasteiger partial charge in [-0.15, -0.1) is 0 Å². The minimum Gasteiger partial charge on any atom is -0.492 e. The molecule has 1 atom stereocenters. The Balaban J connectivity index is 1.56. The van der Waals surface area contributed by atoms with Crippen molar-refractivity contribution in [3.8, 4) is 23.3 Å². The van der Waals surface area contributed by atoms with E-state index in [4.69, 9.17) is 19.5 Å². The molecule has 0 saturated heterocycles. The summed E-state index contributed by atoms with van der Waals surface area (Å²) in [6.07, 6.45) is 0. The third kappa shape index (κ3) is 4.47. The molecule has 1 aliphatic rings. The average molecular weight is 352 g/mol. The van der Waals surface area contributed by atoms with Gasteiger partial charge in [-0.1, -0.05) is 19.9 Å². The summed E-state index contributed by atoms with van der Waals surface area (Å²) in [7, 11) is 0. The van der Waals surface area contributed by atoms with E-state index in [0.29, 0.717) is 31.3 Å². The lowest BCUT2D eigenvalue weighted by molar-refractivity contribution is 0.171. The van der Waals surface area contributed by atoms with Gasteiger partial charge in [0.15, 0.2) is 11.5 Å². The first-order valence-corrected chi connectivity index (χ1v) is 8.93. The molecule has 1 heterocycles. The second-order valence-corrected chi connectivity index (χ2v) is 6.56. The highest BCUT2D eigenvalue weighted by atomic mass is 16.6. The first-order chi connectivity index (χ1) is 12.7. The van der Waals surface area contributed by atoms with Crippen LogP contribution in [0, 0.1) is 17.2 Å². The molecule has 5 nitrogen and oxygen atoms in total. The van der Waals surface area contributed by atoms with Gasteiger partial charge in [-0.05, 0) is 47.9 Å². The highest BCUT2D eigenvalue weighted by molar-refractivity contribution is 5.44. The Bertz CT molecular complexity index is 766. The molecular formula is C21H24N2O3. The van der Waals surface area contributed by atoms with Crippen LogP contribution < -0.4 is 19.5 Å². The zero-order chi connectivity index (χ0) is 18.4. The largest absolute Gasteiger partial charge is 0.492 e. The van der Waals surface area contributed by atoms with Crippen LogP contribution in [0.3, 0.4) is 0 Å². The summed E-state index contributed by atoms with van der Waals surface area (Å²) in [6, 6.07) is 15.6. The molecule has 26 heavy (non-hydrogen) atoms. The van der Waals surface area contributed by atoms with E-state index in [0.717, 1.165) is 23.8 Å². The molecule has 1 aliphatic heterocycles. The van der Waals surface area contributed by atoms with Crippen molar-refractivity contribution < 1.29 is 14.2 Å². The molecule has 0 aromatic heterocycles. The second-order valence-electron chi connectivity index (χ2n) is 6.56. The van der Waals surface area contributed by atoms with Gasteiger partial charge in [-0.3, -0.25) is 0 Å². The Kier molecular flexibility index (Phi) is 5.98. The Labute approximate surface area is 154 Å². The van der Waals surface area contributed by atoms with Crippen molar-refractivity contribution in [1.29, 1.82) is 5.26 Å². The van der Waals surface area contributed by atoms with Gasteiger partial charge >= 0.3 is 0 Å². The number of fused-ring (bicyclic) bond motifs is 1. The summed E-state index contributed by atoms with van der Waals surface area (Å²) in [6.45, 7) is 6.85. The predicted molar refractivity (Wildman–Crippen MR) is 99.7 cm³/mol. The van der Waals surface area contributed by atoms with Crippen LogP contribution >= 0.6 is 0 Å². The fourth-order valence-corrected chi connectivity index (χ4v) is 3.00. The normalized spacial score (nSPS) is 13.9. The van der Waals surface area contributed by atoms with Gasteiger partial charge in [0.25, 0.3) is 0 Å². The number of nitrogens with one attached hydrogen (secondary N) is 1. The maximum absolute atomic E-state index is 8.82. The van der Waals surface area contributed by atoms with Crippen molar-refractivity contribution in [2.75, 3.05) is 26.4 Å². The van der Waals surface area contributed by atoms with E-state index in [-0.39, 0.29) is 6.04 Å². The minimum atomic E-state index is 0.204. The minimum absolute atomic E-state index is 0.204. The molecular weight excluding hydrogens is 328 g/mol. The number of rotatable bonds is 7. The fraction of sp³-hybridized carbons (Fsp3) is 0.381. The van der Waals surface area contributed by atoms with Gasteiger partial charge in [0.1, 0.15) is 25.6 Å². The highest BCUT2D eigenvalue weighted by Gasteiger charge is 2.19. The molecule has 136 valence electrons. The van der Waals surface area contributed by atoms with E-state index >= 15 is 0 Å². The van der Waals surface area contributed by atoms with Crippen molar-refractivity contribution in [2.24, 2.45) is 5.92 Å². The first-order valence-electron chi connectivity index (χ1n) is 8.93. The zero-order valence-corrected chi connectivity index (χ0v) is 15.2. The second kappa shape index (κ2) is 8.59. The van der Waals surface area contributed by atoms with Gasteiger partial charge in [-0.2, -0.15) is 5.26 Å². The van der Waals surface area contributed by atoms with Crippen LogP contribution in [0.1, 0.15) is 31.0 Å². The SMILES string of the molecule is CC(C)[C@H](NCCOc1ccc(C#N)cc1)c1ccc2c(c1)OCCO2. The highest BCUT2D eigenvalue weighted by Crippen LogP contribution is 2.34. The maximum Gasteiger partial charge on any atom is 0.161 e. The maximum atomic E-state index is 8.82. The standard InChI is InChI=1S/C21H24N2O3/c1-15(2)21(17-5-8-19-20(13-17)26-12-11-25-19)23-9-10-24-18-6-3-16(14-22)4-7-18/h3-8,13,15,21,23H,9-12H2,1-2H3/t21-/m0/s1. The summed E-state index contributed by atoms with van der Waals surface area (Å²) in [5, 5.41) is 12.4. The van der Waals surface area contributed by atoms with Crippen LogP contribution in [0.15, 0.2) is 42.5 Å². The number of nitrogens with zero attached hydrogens (tertiary/aromatic N) is 1. The van der Waals surface area contributed by atoms with Crippen LogP contribution in [-0.4, -0.2) is 26.4 Å². The molecule has 2 aromatic rings. The molecule has 0 fully saturated rings. The van der Waals surface area contributed by atoms with Crippen LogP contribution in [0.4, 0.5) is 0 Å². The Morgan fingerprint density at radius 3 is 2.50 bits per heavy atom. The van der Waals surface area contributed by atoms with Gasteiger partial charge in [0, 0.05) is 12.6 Å². The number of nitriles is 1. The molecule has 2 aromatic carbocycles. The van der Waals surface area contributed by atoms with Crippen LogP contribution in [-0.2, 0) is 0 Å². The summed E-state index contributed by atoms with van der Waals surface area (Å²) < 4.78 is 17.0. The molecule has 0 radical (unpaired) electrons. The van der Waals surface area contributed by atoms with E-state index in [2.05, 4.69) is 37.4 Å². The molecule has 3 rings (SSSR count). The third-order valence-electron chi connectivity index (χ3n) is 4.31. The van der Waals surface area contributed by atoms with Crippen molar-refractivity contribution in [3.05, 3.63) is 53.6 Å². The topological polar surface area (TPSA) is 63.5 Å². The molecule has 1 N–H and O–H groups in total. The molecule has 0 unspecified atom stereocenters. The Hall–Kier alpha value is -2.71. The van der Waals surface area contributed by atoms with Gasteiger partial charge < -0.3 is 19.5 Å². The van der Waals surface area contributed by atoms with Crippen LogP contribution in [0.5, 0.6) is 17.2 Å². The number of ether oxygens (including phenoxy) is 3. The van der Waals surface area contributed by atoms with Crippen molar-refractivity contribution in [1.82, 2.24) is 5.32 Å². The van der Waals surface area contributed by atoms with Gasteiger partial charge in [0.05, 0.1) is 11.6 Å². The zero-order valence-electron chi connectivity index (χ0n) is 15.2. The lowest BCUT2D eigenvalue weighted by Crippen LogP contribution is -2.29. The smallest absolute Gasteiger partial charge is 0.161 e. The Morgan fingerprint density at radius 2 is 1.81 bits per heavy atom. The molecule has 0 bridgehead atoms. The number of benzene rings is 2. The monoisotopic (exact) mass is 352 g/mol. The lowest BCUT2D eigenvalue weighted by atomic mass is 9.95. The van der Waals surface area contributed by atoms with E-state index < -0.39 is 0 Å². The molecule has 0 saturated carbocycles. The van der Waals surface area contributed by atoms with E-state index in [1.807, 2.05) is 18.2 Å². The fourth-order valence-electron chi connectivity index (χ4n) is 3.00. The number of hydrogen-bond acceptors (Lipinski definition) is 5. The van der Waals surface area contributed by atoms with E-state index in [1.165, 1.54) is 5.56 Å². The van der Waals surface area contributed by atoms with Crippen molar-refractivity contribution in [2.45, 2.75) is 19.9 Å². The van der Waals surface area contributed by atoms with E-state index in [9.17, 15) is 0 Å². The quantitative estimate of drug-likeness (QED) is 0.770. The summed E-state index contributed by atoms with van der Waals surface area (Å²) in [5.41, 5.74) is 1.82. The Morgan fingerprint density at radius 1 is 1.08 bits per heavy atom. The first kappa shape index (κ1) is 18.1. The molecule has 0 aliphatic carbocycles. The summed E-state index contributed by atoms with van der Waals surface area (Å²) in [5.74, 6) is 2.82. The van der Waals surface area contributed by atoms with E-state index in [1.54, 1.807) is 12.1 Å². The summed E-state index contributed by atoms with van der Waals surface area (Å²) in [4.78, 5) is 0. The van der Waals surface area contributed by atoms with Crippen molar-refractivity contribution in [3.63, 3.8) is 0 Å². The molecule has 0 amide bonds. The van der Waals surface area contributed by atoms with Crippen LogP contribution in [0.2, 0.25) is 0 Å². The third-order valence-corrected chi connectivity index (χ3v) is 4.31.